The summed E-state index contributed by atoms with van der Waals surface area (Å²) >= 11 is 0. The molecule has 0 aliphatic rings. The molecular weight excluding hydrogens is 224 g/mol. The Labute approximate surface area is 102 Å². The second-order valence-electron chi connectivity index (χ2n) is 3.21. The number of aryl methyl sites for hydroxylation is 2. The fourth-order valence-electron chi connectivity index (χ4n) is 1.56. The third kappa shape index (κ3) is 4.23. The molecule has 0 aliphatic carbocycles. The molecular formula is C13H19ClS. The second kappa shape index (κ2) is 7.72. The minimum Gasteiger partial charge on any atom is -1.00 e. The number of hydrogen-bond donors (Lipinski definition) is 0. The molecule has 0 aromatic carbocycles. The zero-order chi connectivity index (χ0) is 10.4. The van der Waals surface area contributed by atoms with Crippen LogP contribution < -0.4 is 12.4 Å². The first-order valence-corrected chi connectivity index (χ1v) is 6.60. The van der Waals surface area contributed by atoms with Gasteiger partial charge in [0, 0.05) is 13.3 Å². The minimum absolute atomic E-state index is 0. The molecule has 0 fully saturated rings. The second-order valence-corrected chi connectivity index (χ2v) is 5.74. The molecule has 0 N–H and O–H groups in total. The van der Waals surface area contributed by atoms with E-state index in [1.165, 1.54) is 10.6 Å². The lowest BCUT2D eigenvalue weighted by Crippen LogP contribution is -3.00. The van der Waals surface area contributed by atoms with Gasteiger partial charge in [0.05, 0.1) is 0 Å². The number of halogens is 1. The summed E-state index contributed by atoms with van der Waals surface area (Å²) in [5.74, 6) is 1.23. The molecule has 1 unspecified atom stereocenters. The van der Waals surface area contributed by atoms with Crippen LogP contribution in [0.1, 0.15) is 23.6 Å². The summed E-state index contributed by atoms with van der Waals surface area (Å²) in [6.45, 7) is 6.76. The number of rotatable bonds is 2. The van der Waals surface area contributed by atoms with Crippen LogP contribution in [0, 0.1) is 6.92 Å². The molecule has 2 heteroatoms. The third-order valence-corrected chi connectivity index (χ3v) is 4.84. The zero-order valence-corrected chi connectivity index (χ0v) is 11.2. The van der Waals surface area contributed by atoms with Gasteiger partial charge in [-0.15, -0.1) is 0 Å². The van der Waals surface area contributed by atoms with Crippen LogP contribution >= 0.6 is 10.5 Å². The van der Waals surface area contributed by atoms with E-state index in [2.05, 4.69) is 57.2 Å². The highest BCUT2D eigenvalue weighted by Gasteiger charge is 2.07. The summed E-state index contributed by atoms with van der Waals surface area (Å²) in [7, 11) is 0.346. The van der Waals surface area contributed by atoms with Crippen molar-refractivity contribution in [1.29, 1.82) is 0 Å². The van der Waals surface area contributed by atoms with Gasteiger partial charge in [-0.2, -0.15) is 0 Å². The summed E-state index contributed by atoms with van der Waals surface area (Å²) in [6, 6.07) is 13.0. The first-order valence-electron chi connectivity index (χ1n) is 5.21. The summed E-state index contributed by atoms with van der Waals surface area (Å²) in [4.78, 5) is 3.07. The van der Waals surface area contributed by atoms with Gasteiger partial charge < -0.3 is 12.4 Å². The molecule has 1 aromatic heterocycles. The highest BCUT2D eigenvalue weighted by molar-refractivity contribution is 7.30. The molecule has 0 bridgehead atoms. The quantitative estimate of drug-likeness (QED) is 0.689. The Morgan fingerprint density at radius 3 is 2.13 bits per heavy atom. The fourth-order valence-corrected chi connectivity index (χ4v) is 3.63. The Balaban J connectivity index is 0.00000196. The van der Waals surface area contributed by atoms with Gasteiger partial charge in [0.25, 0.3) is 0 Å². The van der Waals surface area contributed by atoms with Crippen molar-refractivity contribution in [3.05, 3.63) is 46.2 Å². The van der Waals surface area contributed by atoms with Crippen LogP contribution in [0.25, 0.3) is 0 Å². The summed E-state index contributed by atoms with van der Waals surface area (Å²) in [6.07, 6.45) is 1.16. The van der Waals surface area contributed by atoms with Gasteiger partial charge in [0.2, 0.25) is 0 Å². The molecule has 84 valence electrons. The van der Waals surface area contributed by atoms with Gasteiger partial charge in [-0.25, -0.2) is 0 Å². The lowest BCUT2D eigenvalue weighted by Gasteiger charge is -1.94. The van der Waals surface area contributed by atoms with Gasteiger partial charge in [0.15, 0.2) is 0 Å². The van der Waals surface area contributed by atoms with Gasteiger partial charge >= 0.3 is 0 Å². The van der Waals surface area contributed by atoms with Gasteiger partial charge in [-0.05, 0) is 29.5 Å². The van der Waals surface area contributed by atoms with Crippen molar-refractivity contribution < 1.29 is 12.4 Å². The highest BCUT2D eigenvalue weighted by Crippen LogP contribution is 2.27. The molecule has 0 spiro atoms. The SMILES string of the molecule is CCc1ccccccc(C)[s+]1CC.[Cl-]. The molecule has 0 saturated heterocycles. The van der Waals surface area contributed by atoms with Crippen LogP contribution in [0.4, 0.5) is 0 Å². The Morgan fingerprint density at radius 1 is 1.00 bits per heavy atom. The molecule has 1 aromatic rings. The number of hydrogen-bond acceptors (Lipinski definition) is 0. The Morgan fingerprint density at radius 2 is 1.60 bits per heavy atom. The smallest absolute Gasteiger partial charge is 0.150 e. The molecule has 0 amide bonds. The summed E-state index contributed by atoms with van der Waals surface area (Å²) in [5, 5.41) is 0. The van der Waals surface area contributed by atoms with E-state index in [9.17, 15) is 0 Å². The molecule has 15 heavy (non-hydrogen) atoms. The van der Waals surface area contributed by atoms with Gasteiger partial charge in [-0.3, -0.25) is 0 Å². The van der Waals surface area contributed by atoms with Crippen LogP contribution in [-0.4, -0.2) is 0 Å². The maximum Gasteiger partial charge on any atom is 0.150 e. The van der Waals surface area contributed by atoms with E-state index < -0.39 is 0 Å². The van der Waals surface area contributed by atoms with Crippen LogP contribution in [0.3, 0.4) is 0 Å². The predicted molar refractivity (Wildman–Crippen MR) is 66.3 cm³/mol. The average molecular weight is 243 g/mol. The van der Waals surface area contributed by atoms with Crippen molar-refractivity contribution in [3.63, 3.8) is 0 Å². The highest BCUT2D eigenvalue weighted by atomic mass is 35.5. The molecule has 0 nitrogen and oxygen atoms in total. The topological polar surface area (TPSA) is 0 Å². The molecule has 1 atom stereocenters. The van der Waals surface area contributed by atoms with Crippen LogP contribution in [0.5, 0.6) is 0 Å². The normalized spacial score (nSPS) is 10.2. The average Bonchev–Trinajstić information content (AvgIpc) is 2.28. The van der Waals surface area contributed by atoms with E-state index in [1.807, 2.05) is 0 Å². The minimum atomic E-state index is 0. The Bertz CT molecular complexity index is 340. The van der Waals surface area contributed by atoms with E-state index in [0.29, 0.717) is 10.5 Å². The standard InChI is InChI=1S/C13H19S.ClH/c1-4-13-11-9-7-6-8-10-12(3)14(13)5-2;/h6-11H,4-5H2,1-3H3;1H/q+1;/p-1. The molecule has 0 radical (unpaired) electrons. The van der Waals surface area contributed by atoms with Crippen molar-refractivity contribution in [1.82, 2.24) is 0 Å². The van der Waals surface area contributed by atoms with Crippen molar-refractivity contribution in [2.45, 2.75) is 32.9 Å². The Hall–Kier alpha value is -0.530. The van der Waals surface area contributed by atoms with Crippen LogP contribution in [0.2, 0.25) is 0 Å². The lowest BCUT2D eigenvalue weighted by molar-refractivity contribution is -0.00000301. The van der Waals surface area contributed by atoms with Gasteiger partial charge in [0.1, 0.15) is 15.5 Å². The summed E-state index contributed by atoms with van der Waals surface area (Å²) in [5.41, 5.74) is 0. The van der Waals surface area contributed by atoms with E-state index >= 15 is 0 Å². The van der Waals surface area contributed by atoms with Crippen molar-refractivity contribution in [2.24, 2.45) is 0 Å². The largest absolute Gasteiger partial charge is 1.00 e. The van der Waals surface area contributed by atoms with E-state index in [4.69, 9.17) is 0 Å². The predicted octanol–water partition coefficient (Wildman–Crippen LogP) is 1.45. The fraction of sp³-hybridized carbons (Fsp3) is 0.385. The monoisotopic (exact) mass is 242 g/mol. The van der Waals surface area contributed by atoms with E-state index in [-0.39, 0.29) is 12.4 Å². The van der Waals surface area contributed by atoms with Gasteiger partial charge in [-0.1, -0.05) is 31.2 Å². The maximum absolute atomic E-state index is 2.28. The van der Waals surface area contributed by atoms with Crippen molar-refractivity contribution >= 4 is 10.5 Å². The Kier molecular flexibility index (Phi) is 7.45. The van der Waals surface area contributed by atoms with E-state index in [0.717, 1.165) is 6.42 Å². The first-order chi connectivity index (χ1) is 6.79. The van der Waals surface area contributed by atoms with Crippen molar-refractivity contribution in [3.8, 4) is 0 Å². The third-order valence-electron chi connectivity index (χ3n) is 2.29. The molecule has 0 saturated carbocycles. The van der Waals surface area contributed by atoms with Crippen LogP contribution in [0.15, 0.2) is 36.4 Å². The zero-order valence-electron chi connectivity index (χ0n) is 9.66. The van der Waals surface area contributed by atoms with Crippen LogP contribution in [-0.2, 0) is 12.2 Å². The molecule has 0 aliphatic heterocycles. The van der Waals surface area contributed by atoms with Crippen molar-refractivity contribution in [2.75, 3.05) is 0 Å². The molecule has 1 heterocycles. The lowest BCUT2D eigenvalue weighted by atomic mass is 10.4. The molecule has 1 rings (SSSR count). The first kappa shape index (κ1) is 14.5. The summed E-state index contributed by atoms with van der Waals surface area (Å²) < 4.78 is 0. The van der Waals surface area contributed by atoms with E-state index in [1.54, 1.807) is 4.88 Å². The maximum atomic E-state index is 2.28.